The van der Waals surface area contributed by atoms with E-state index >= 15 is 0 Å². The van der Waals surface area contributed by atoms with Gasteiger partial charge in [-0.25, -0.2) is 4.79 Å². The molecule has 0 radical (unpaired) electrons. The minimum atomic E-state index is -1.01. The number of likely N-dealkylation sites (tertiary alicyclic amines) is 1. The second-order valence-corrected chi connectivity index (χ2v) is 15.9. The first-order valence-corrected chi connectivity index (χ1v) is 20.4. The fourth-order valence-electron chi connectivity index (χ4n) is 7.50. The number of unbranched alkanes of at least 4 members (excludes halogenated alkanes) is 2. The van der Waals surface area contributed by atoms with Crippen LogP contribution in [0.15, 0.2) is 83.7 Å². The van der Waals surface area contributed by atoms with E-state index in [0.717, 1.165) is 29.5 Å². The molecule has 8 N–H and O–H groups in total. The van der Waals surface area contributed by atoms with Crippen LogP contribution in [-0.4, -0.2) is 81.9 Å². The van der Waals surface area contributed by atoms with Crippen LogP contribution in [0.1, 0.15) is 76.0 Å². The average Bonchev–Trinajstić information content (AvgIpc) is 3.53. The molecule has 0 unspecified atom stereocenters. The predicted molar refractivity (Wildman–Crippen MR) is 223 cm³/mol. The van der Waals surface area contributed by atoms with Gasteiger partial charge in [-0.1, -0.05) is 99.0 Å². The number of nitrogens with two attached hydrogens (primary N) is 2. The quantitative estimate of drug-likeness (QED) is 0.0772. The molecule has 4 amide bonds. The highest BCUT2D eigenvalue weighted by atomic mass is 35.5. The number of carbonyl (C=O) groups is 4. The van der Waals surface area contributed by atoms with E-state index in [1.807, 2.05) is 80.6 Å². The lowest BCUT2D eigenvalue weighted by Gasteiger charge is -2.35. The molecule has 1 aliphatic rings. The zero-order chi connectivity index (χ0) is 40.9. The van der Waals surface area contributed by atoms with Gasteiger partial charge in [0.25, 0.3) is 0 Å². The number of amides is 4. The summed E-state index contributed by atoms with van der Waals surface area (Å²) in [4.78, 5) is 73.3. The summed E-state index contributed by atoms with van der Waals surface area (Å²) >= 11 is 6.15. The van der Waals surface area contributed by atoms with E-state index in [2.05, 4.69) is 20.9 Å². The highest BCUT2D eigenvalue weighted by molar-refractivity contribution is 6.31. The van der Waals surface area contributed by atoms with Gasteiger partial charge in [0.2, 0.25) is 23.6 Å². The number of H-pyrrole nitrogens is 1. The number of aromatic nitrogens is 2. The van der Waals surface area contributed by atoms with Crippen LogP contribution in [0.5, 0.6) is 0 Å². The number of benzene rings is 3. The number of imidazole rings is 1. The van der Waals surface area contributed by atoms with Gasteiger partial charge in [0.15, 0.2) is 0 Å². The second kappa shape index (κ2) is 21.0. The topological polar surface area (TPSA) is 197 Å². The first-order valence-electron chi connectivity index (χ1n) is 20.1. The van der Waals surface area contributed by atoms with E-state index in [9.17, 15) is 24.0 Å². The van der Waals surface area contributed by atoms with Crippen LogP contribution in [0.4, 0.5) is 0 Å². The number of fused-ring (bicyclic) bond motifs is 1. The van der Waals surface area contributed by atoms with Crippen LogP contribution in [0.2, 0.25) is 5.02 Å². The minimum absolute atomic E-state index is 0.0178. The summed E-state index contributed by atoms with van der Waals surface area (Å²) in [6.07, 6.45) is 4.57. The van der Waals surface area contributed by atoms with E-state index in [1.54, 1.807) is 21.6 Å². The Morgan fingerprint density at radius 1 is 0.789 bits per heavy atom. The average molecular weight is 801 g/mol. The number of hydrogen-bond acceptors (Lipinski definition) is 7. The van der Waals surface area contributed by atoms with E-state index in [1.165, 1.54) is 0 Å². The SMILES string of the molecule is CC(C)C[C@@H](NC(=O)[C@@H](Cc1ccccc1)NC(=O)[C@H](N)Cc1ccccc1)C(=O)N[C@H](CCCCCN)C(=O)N1CCC(n2c(=O)[nH]c3cc(Cl)ccc32)CC1. The number of aromatic amines is 1. The molecule has 14 heteroatoms. The van der Waals surface area contributed by atoms with Crippen LogP contribution in [-0.2, 0) is 32.0 Å². The van der Waals surface area contributed by atoms with Gasteiger partial charge in [-0.2, -0.15) is 0 Å². The third-order valence-corrected chi connectivity index (χ3v) is 10.8. The summed E-state index contributed by atoms with van der Waals surface area (Å²) in [5.74, 6) is -1.67. The summed E-state index contributed by atoms with van der Waals surface area (Å²) in [5.41, 5.74) is 15.0. The van der Waals surface area contributed by atoms with Gasteiger partial charge in [-0.05, 0) is 80.3 Å². The van der Waals surface area contributed by atoms with Crippen molar-refractivity contribution < 1.29 is 19.2 Å². The summed E-state index contributed by atoms with van der Waals surface area (Å²) < 4.78 is 1.74. The standard InChI is InChI=1S/C43H57ClN8O5/c1-28(2)24-36(49-41(55)37(26-30-14-8-4-9-15-30)48-39(53)33(46)25-29-12-6-3-7-13-29)40(54)47-34(16-10-5-11-21-45)42(56)51-22-19-32(20-23-51)52-38-18-17-31(44)27-35(38)50-43(52)57/h3-4,6-9,12-15,17-18,27-28,32-34,36-37H,5,10-11,16,19-26,45-46H2,1-2H3,(H,47,54)(H,48,53)(H,49,55)(H,50,57)/t33-,34-,36-,37-/m1/s1. The highest BCUT2D eigenvalue weighted by Gasteiger charge is 2.34. The molecule has 13 nitrogen and oxygen atoms in total. The lowest BCUT2D eigenvalue weighted by atomic mass is 9.99. The Morgan fingerprint density at radius 3 is 2.02 bits per heavy atom. The number of rotatable bonds is 19. The zero-order valence-corrected chi connectivity index (χ0v) is 33.7. The van der Waals surface area contributed by atoms with Crippen molar-refractivity contribution in [2.24, 2.45) is 17.4 Å². The Kier molecular flexibility index (Phi) is 15.9. The maximum Gasteiger partial charge on any atom is 0.326 e. The highest BCUT2D eigenvalue weighted by Crippen LogP contribution is 2.27. The van der Waals surface area contributed by atoms with Crippen molar-refractivity contribution >= 4 is 46.3 Å². The fraction of sp³-hybridized carbons (Fsp3) is 0.465. The van der Waals surface area contributed by atoms with Crippen LogP contribution in [0.3, 0.4) is 0 Å². The molecule has 1 saturated heterocycles. The van der Waals surface area contributed by atoms with Gasteiger partial charge in [0.05, 0.1) is 17.1 Å². The van der Waals surface area contributed by atoms with Gasteiger partial charge in [0, 0.05) is 30.6 Å². The molecule has 57 heavy (non-hydrogen) atoms. The summed E-state index contributed by atoms with van der Waals surface area (Å²) in [6.45, 7) is 5.24. The maximum absolute atomic E-state index is 14.2. The number of halogens is 1. The number of hydrogen-bond donors (Lipinski definition) is 6. The number of nitrogens with zero attached hydrogens (tertiary/aromatic N) is 2. The molecule has 0 spiro atoms. The predicted octanol–water partition coefficient (Wildman–Crippen LogP) is 3.98. The Balaban J connectivity index is 1.28. The molecule has 0 saturated carbocycles. The molecular weight excluding hydrogens is 744 g/mol. The maximum atomic E-state index is 14.2. The van der Waals surface area contributed by atoms with Crippen LogP contribution in [0.25, 0.3) is 11.0 Å². The Morgan fingerprint density at radius 2 is 1.39 bits per heavy atom. The molecule has 2 heterocycles. The van der Waals surface area contributed by atoms with E-state index in [4.69, 9.17) is 23.1 Å². The van der Waals surface area contributed by atoms with Crippen molar-refractivity contribution in [1.29, 1.82) is 0 Å². The van der Waals surface area contributed by atoms with Crippen molar-refractivity contribution in [3.63, 3.8) is 0 Å². The Hall–Kier alpha value is -4.98. The summed E-state index contributed by atoms with van der Waals surface area (Å²) in [5, 5.41) is 9.29. The lowest BCUT2D eigenvalue weighted by molar-refractivity contribution is -0.139. The molecule has 0 bridgehead atoms. The summed E-state index contributed by atoms with van der Waals surface area (Å²) in [6, 6.07) is 20.2. The van der Waals surface area contributed by atoms with Crippen LogP contribution in [0, 0.1) is 5.92 Å². The van der Waals surface area contributed by atoms with Gasteiger partial charge in [-0.3, -0.25) is 23.7 Å². The van der Waals surface area contributed by atoms with Crippen molar-refractivity contribution in [2.45, 2.75) is 102 Å². The number of nitrogens with one attached hydrogen (secondary N) is 4. The monoisotopic (exact) mass is 800 g/mol. The zero-order valence-electron chi connectivity index (χ0n) is 32.9. The Bertz CT molecular complexity index is 1990. The molecule has 0 aliphatic carbocycles. The molecule has 3 aromatic carbocycles. The van der Waals surface area contributed by atoms with E-state index in [0.29, 0.717) is 68.7 Å². The van der Waals surface area contributed by atoms with Crippen molar-refractivity contribution in [3.8, 4) is 0 Å². The van der Waals surface area contributed by atoms with Gasteiger partial charge in [-0.15, -0.1) is 0 Å². The first kappa shape index (κ1) is 43.1. The van der Waals surface area contributed by atoms with E-state index in [-0.39, 0.29) is 30.0 Å². The molecule has 1 fully saturated rings. The lowest BCUT2D eigenvalue weighted by Crippen LogP contribution is -2.59. The summed E-state index contributed by atoms with van der Waals surface area (Å²) in [7, 11) is 0. The van der Waals surface area contributed by atoms with Crippen LogP contribution >= 0.6 is 11.6 Å². The minimum Gasteiger partial charge on any atom is -0.343 e. The first-order chi connectivity index (χ1) is 27.4. The van der Waals surface area contributed by atoms with E-state index < -0.39 is 41.9 Å². The molecule has 4 aromatic rings. The van der Waals surface area contributed by atoms with Crippen molar-refractivity contribution in [1.82, 2.24) is 30.4 Å². The second-order valence-electron chi connectivity index (χ2n) is 15.5. The van der Waals surface area contributed by atoms with Gasteiger partial charge < -0.3 is 37.3 Å². The smallest absolute Gasteiger partial charge is 0.326 e. The van der Waals surface area contributed by atoms with Crippen molar-refractivity contribution in [2.75, 3.05) is 19.6 Å². The van der Waals surface area contributed by atoms with Crippen molar-refractivity contribution in [3.05, 3.63) is 105 Å². The Labute approximate surface area is 339 Å². The molecule has 4 atom stereocenters. The number of carbonyl (C=O) groups excluding carboxylic acids is 4. The largest absolute Gasteiger partial charge is 0.343 e. The normalized spacial score (nSPS) is 15.5. The number of piperidine rings is 1. The van der Waals surface area contributed by atoms with Gasteiger partial charge in [0.1, 0.15) is 18.1 Å². The molecule has 1 aromatic heterocycles. The van der Waals surface area contributed by atoms with Crippen LogP contribution < -0.4 is 33.1 Å². The fourth-order valence-corrected chi connectivity index (χ4v) is 7.68. The third-order valence-electron chi connectivity index (χ3n) is 10.5. The molecule has 306 valence electrons. The molecule has 5 rings (SSSR count). The van der Waals surface area contributed by atoms with Gasteiger partial charge >= 0.3 is 5.69 Å². The molecule has 1 aliphatic heterocycles. The molecular formula is C43H57ClN8O5. The third kappa shape index (κ3) is 12.3.